The molecule has 17 heavy (non-hydrogen) atoms. The first-order valence-corrected chi connectivity index (χ1v) is 6.75. The van der Waals surface area contributed by atoms with Gasteiger partial charge in [0.2, 0.25) is 0 Å². The number of nitrogens with one attached hydrogen (secondary N) is 1. The summed E-state index contributed by atoms with van der Waals surface area (Å²) in [6.45, 7) is 5.80. The van der Waals surface area contributed by atoms with Crippen molar-refractivity contribution < 1.29 is 14.3 Å². The first-order valence-electron chi connectivity index (χ1n) is 6.75. The van der Waals surface area contributed by atoms with Gasteiger partial charge in [0.05, 0.1) is 12.0 Å². The number of esters is 1. The monoisotopic (exact) mass is 241 g/mol. The van der Waals surface area contributed by atoms with Crippen LogP contribution in [-0.4, -0.2) is 38.9 Å². The summed E-state index contributed by atoms with van der Waals surface area (Å²) in [5.74, 6) is 0.474. The first-order chi connectivity index (χ1) is 8.29. The predicted molar refractivity (Wildman–Crippen MR) is 64.7 cm³/mol. The molecule has 2 saturated heterocycles. The molecule has 2 aliphatic heterocycles. The van der Waals surface area contributed by atoms with Crippen LogP contribution in [0.5, 0.6) is 0 Å². The van der Waals surface area contributed by atoms with Crippen LogP contribution in [0.1, 0.15) is 32.6 Å². The molecule has 1 N–H and O–H groups in total. The number of piperidine rings is 1. The Bertz CT molecular complexity index is 255. The molecule has 0 bridgehead atoms. The van der Waals surface area contributed by atoms with Crippen molar-refractivity contribution in [2.45, 2.75) is 32.6 Å². The van der Waals surface area contributed by atoms with Crippen molar-refractivity contribution in [2.24, 2.45) is 11.3 Å². The molecule has 0 unspecified atom stereocenters. The maximum absolute atomic E-state index is 12.3. The molecule has 2 fully saturated rings. The van der Waals surface area contributed by atoms with Gasteiger partial charge in [-0.1, -0.05) is 0 Å². The van der Waals surface area contributed by atoms with Crippen LogP contribution in [-0.2, 0) is 14.3 Å². The van der Waals surface area contributed by atoms with Gasteiger partial charge in [-0.15, -0.1) is 0 Å². The zero-order chi connectivity index (χ0) is 12.1. The highest BCUT2D eigenvalue weighted by molar-refractivity contribution is 5.77. The molecule has 0 radical (unpaired) electrons. The largest absolute Gasteiger partial charge is 0.466 e. The molecule has 0 aliphatic carbocycles. The molecule has 0 aromatic heterocycles. The lowest BCUT2D eigenvalue weighted by Gasteiger charge is -2.42. The van der Waals surface area contributed by atoms with Gasteiger partial charge in [0.25, 0.3) is 0 Å². The Morgan fingerprint density at radius 3 is 2.59 bits per heavy atom. The van der Waals surface area contributed by atoms with E-state index in [0.717, 1.165) is 38.8 Å². The van der Waals surface area contributed by atoms with Gasteiger partial charge in [0, 0.05) is 13.2 Å². The normalized spacial score (nSPS) is 25.5. The Labute approximate surface area is 103 Å². The number of carbonyl (C=O) groups is 1. The average Bonchev–Trinajstić information content (AvgIpc) is 2.41. The number of hydrogen-bond acceptors (Lipinski definition) is 4. The maximum Gasteiger partial charge on any atom is 0.312 e. The third-order valence-electron chi connectivity index (χ3n) is 4.19. The molecular formula is C13H23NO3. The minimum atomic E-state index is -0.267. The van der Waals surface area contributed by atoms with Gasteiger partial charge in [0.15, 0.2) is 0 Å². The number of rotatable bonds is 3. The quantitative estimate of drug-likeness (QED) is 0.758. The minimum Gasteiger partial charge on any atom is -0.466 e. The number of ether oxygens (including phenoxy) is 2. The van der Waals surface area contributed by atoms with Gasteiger partial charge < -0.3 is 14.8 Å². The summed E-state index contributed by atoms with van der Waals surface area (Å²) in [4.78, 5) is 12.3. The van der Waals surface area contributed by atoms with Crippen LogP contribution in [0.2, 0.25) is 0 Å². The Hall–Kier alpha value is -0.610. The van der Waals surface area contributed by atoms with Gasteiger partial charge >= 0.3 is 5.97 Å². The Balaban J connectivity index is 2.12. The Morgan fingerprint density at radius 1 is 1.35 bits per heavy atom. The summed E-state index contributed by atoms with van der Waals surface area (Å²) in [5.41, 5.74) is -0.267. The standard InChI is InChI=1S/C13H23NO3/c1-2-17-12(15)13(5-9-16-10-6-13)11-3-7-14-8-4-11/h11,14H,2-10H2,1H3. The van der Waals surface area contributed by atoms with Crippen molar-refractivity contribution in [3.8, 4) is 0 Å². The second-order valence-corrected chi connectivity index (χ2v) is 5.01. The number of hydrogen-bond donors (Lipinski definition) is 1. The molecule has 0 amide bonds. The summed E-state index contributed by atoms with van der Waals surface area (Å²) in [7, 11) is 0. The summed E-state index contributed by atoms with van der Waals surface area (Å²) in [6, 6.07) is 0. The maximum atomic E-state index is 12.3. The van der Waals surface area contributed by atoms with Crippen LogP contribution in [0.3, 0.4) is 0 Å². The van der Waals surface area contributed by atoms with Crippen molar-refractivity contribution in [1.29, 1.82) is 0 Å². The summed E-state index contributed by atoms with van der Waals surface area (Å²) >= 11 is 0. The zero-order valence-electron chi connectivity index (χ0n) is 10.7. The van der Waals surface area contributed by atoms with Crippen molar-refractivity contribution in [3.05, 3.63) is 0 Å². The molecule has 0 aromatic carbocycles. The molecule has 0 saturated carbocycles. The Morgan fingerprint density at radius 2 is 2.00 bits per heavy atom. The van der Waals surface area contributed by atoms with Gasteiger partial charge in [-0.3, -0.25) is 4.79 Å². The molecule has 98 valence electrons. The van der Waals surface area contributed by atoms with E-state index in [1.807, 2.05) is 6.92 Å². The second-order valence-electron chi connectivity index (χ2n) is 5.01. The summed E-state index contributed by atoms with van der Waals surface area (Å²) in [5, 5.41) is 3.36. The van der Waals surface area contributed by atoms with Crippen LogP contribution < -0.4 is 5.32 Å². The molecule has 2 heterocycles. The van der Waals surface area contributed by atoms with Crippen LogP contribution >= 0.6 is 0 Å². The third-order valence-corrected chi connectivity index (χ3v) is 4.19. The molecule has 0 atom stereocenters. The van der Waals surface area contributed by atoms with E-state index in [9.17, 15) is 4.79 Å². The van der Waals surface area contributed by atoms with E-state index in [4.69, 9.17) is 9.47 Å². The van der Waals surface area contributed by atoms with Crippen molar-refractivity contribution in [2.75, 3.05) is 32.9 Å². The lowest BCUT2D eigenvalue weighted by Crippen LogP contribution is -2.48. The lowest BCUT2D eigenvalue weighted by molar-refractivity contribution is -0.167. The van der Waals surface area contributed by atoms with Gasteiger partial charge in [-0.25, -0.2) is 0 Å². The molecule has 0 aromatic rings. The SMILES string of the molecule is CCOC(=O)C1(C2CCNCC2)CCOCC1. The van der Waals surface area contributed by atoms with Crippen molar-refractivity contribution in [1.82, 2.24) is 5.32 Å². The molecule has 4 nitrogen and oxygen atoms in total. The van der Waals surface area contributed by atoms with E-state index in [1.165, 1.54) is 0 Å². The topological polar surface area (TPSA) is 47.6 Å². The van der Waals surface area contributed by atoms with E-state index in [-0.39, 0.29) is 11.4 Å². The highest BCUT2D eigenvalue weighted by atomic mass is 16.5. The predicted octanol–water partition coefficient (Wildman–Crippen LogP) is 1.35. The van der Waals surface area contributed by atoms with E-state index < -0.39 is 0 Å². The fraction of sp³-hybridized carbons (Fsp3) is 0.923. The van der Waals surface area contributed by atoms with Crippen molar-refractivity contribution >= 4 is 5.97 Å². The molecule has 4 heteroatoms. The molecule has 2 rings (SSSR count). The fourth-order valence-electron chi connectivity index (χ4n) is 3.16. The van der Waals surface area contributed by atoms with Gasteiger partial charge in [-0.2, -0.15) is 0 Å². The minimum absolute atomic E-state index is 0.00944. The zero-order valence-corrected chi connectivity index (χ0v) is 10.7. The summed E-state index contributed by atoms with van der Waals surface area (Å²) in [6.07, 6.45) is 3.82. The van der Waals surface area contributed by atoms with E-state index in [1.54, 1.807) is 0 Å². The van der Waals surface area contributed by atoms with E-state index >= 15 is 0 Å². The molecule has 0 spiro atoms. The van der Waals surface area contributed by atoms with E-state index in [2.05, 4.69) is 5.32 Å². The average molecular weight is 241 g/mol. The smallest absolute Gasteiger partial charge is 0.312 e. The first kappa shape index (κ1) is 12.8. The van der Waals surface area contributed by atoms with Crippen LogP contribution in [0, 0.1) is 11.3 Å². The van der Waals surface area contributed by atoms with Crippen molar-refractivity contribution in [3.63, 3.8) is 0 Å². The molecular weight excluding hydrogens is 218 g/mol. The highest BCUT2D eigenvalue weighted by Gasteiger charge is 2.47. The highest BCUT2D eigenvalue weighted by Crippen LogP contribution is 2.43. The molecule has 2 aliphatic rings. The van der Waals surface area contributed by atoms with E-state index in [0.29, 0.717) is 25.7 Å². The summed E-state index contributed by atoms with van der Waals surface area (Å²) < 4.78 is 10.7. The van der Waals surface area contributed by atoms with Crippen LogP contribution in [0.15, 0.2) is 0 Å². The third kappa shape index (κ3) is 2.63. The van der Waals surface area contributed by atoms with Gasteiger partial charge in [0.1, 0.15) is 0 Å². The van der Waals surface area contributed by atoms with Crippen LogP contribution in [0.4, 0.5) is 0 Å². The second kappa shape index (κ2) is 5.83. The fourth-order valence-corrected chi connectivity index (χ4v) is 3.16. The van der Waals surface area contributed by atoms with Gasteiger partial charge in [-0.05, 0) is 51.6 Å². The number of carbonyl (C=O) groups excluding carboxylic acids is 1. The Kier molecular flexibility index (Phi) is 4.40. The lowest BCUT2D eigenvalue weighted by atomic mass is 9.66. The van der Waals surface area contributed by atoms with Crippen LogP contribution in [0.25, 0.3) is 0 Å².